The Morgan fingerprint density at radius 1 is 1.23 bits per heavy atom. The fraction of sp³-hybridized carbons (Fsp3) is 0.433. The summed E-state index contributed by atoms with van der Waals surface area (Å²) in [6.07, 6.45) is -4.24. The minimum absolute atomic E-state index is 0.0318. The number of nitriles is 1. The Morgan fingerprint density at radius 3 is 2.66 bits per heavy atom. The van der Waals surface area contributed by atoms with Crippen molar-refractivity contribution >= 4 is 43.1 Å². The number of halogens is 6. The Morgan fingerprint density at radius 2 is 1.98 bits per heavy atom. The van der Waals surface area contributed by atoms with Gasteiger partial charge in [-0.1, -0.05) is 6.07 Å². The third-order valence-corrected chi connectivity index (χ3v) is 9.72. The molecule has 2 unspecified atom stereocenters. The van der Waals surface area contributed by atoms with E-state index in [1.54, 1.807) is 18.7 Å². The number of nitrogens with two attached hydrogens (primary N) is 1. The quantitative estimate of drug-likeness (QED) is 0.218. The average Bonchev–Trinajstić information content (AvgIpc) is 3.62. The summed E-state index contributed by atoms with van der Waals surface area (Å²) < 4.78 is 95.7. The van der Waals surface area contributed by atoms with Crippen LogP contribution in [-0.4, -0.2) is 59.4 Å². The van der Waals surface area contributed by atoms with Crippen LogP contribution in [0.15, 0.2) is 18.2 Å². The zero-order valence-electron chi connectivity index (χ0n) is 23.9. The number of hydrogen-bond donors (Lipinski definition) is 1. The average molecular weight is 635 g/mol. The van der Waals surface area contributed by atoms with Crippen molar-refractivity contribution in [2.75, 3.05) is 43.4 Å². The predicted molar refractivity (Wildman–Crippen MR) is 157 cm³/mol. The highest BCUT2D eigenvalue weighted by Crippen LogP contribution is 2.48. The van der Waals surface area contributed by atoms with Gasteiger partial charge in [-0.05, 0) is 50.9 Å². The molecule has 0 bridgehead atoms. The summed E-state index contributed by atoms with van der Waals surface area (Å²) in [5.41, 5.74) is 2.09. The van der Waals surface area contributed by atoms with E-state index in [-0.39, 0.29) is 63.0 Å². The number of nitrogen functional groups attached to an aromatic ring is 1. The number of anilines is 2. The van der Waals surface area contributed by atoms with Gasteiger partial charge in [-0.15, -0.1) is 11.3 Å². The van der Waals surface area contributed by atoms with Gasteiger partial charge in [0.1, 0.15) is 41.0 Å². The first kappa shape index (κ1) is 30.2. The van der Waals surface area contributed by atoms with Gasteiger partial charge in [0.05, 0.1) is 21.4 Å². The van der Waals surface area contributed by atoms with Crippen LogP contribution < -0.4 is 15.4 Å². The van der Waals surface area contributed by atoms with Crippen LogP contribution in [-0.2, 0) is 6.18 Å². The summed E-state index contributed by atoms with van der Waals surface area (Å²) in [5, 5.41) is 9.22. The molecule has 6 rings (SSSR count). The van der Waals surface area contributed by atoms with E-state index in [0.717, 1.165) is 31.2 Å². The number of fused-ring (bicyclic) bond motifs is 3. The van der Waals surface area contributed by atoms with Crippen molar-refractivity contribution in [2.24, 2.45) is 0 Å². The van der Waals surface area contributed by atoms with Crippen molar-refractivity contribution in [2.45, 2.75) is 51.0 Å². The molecule has 232 valence electrons. The second kappa shape index (κ2) is 11.0. The Balaban J connectivity index is 1.60. The monoisotopic (exact) mass is 634 g/mol. The van der Waals surface area contributed by atoms with Gasteiger partial charge in [0.2, 0.25) is 0 Å². The number of alkyl halides is 4. The van der Waals surface area contributed by atoms with Gasteiger partial charge in [0.25, 0.3) is 0 Å². The van der Waals surface area contributed by atoms with Crippen molar-refractivity contribution in [1.29, 1.82) is 5.26 Å². The van der Waals surface area contributed by atoms with Crippen molar-refractivity contribution in [1.82, 2.24) is 14.9 Å². The van der Waals surface area contributed by atoms with Crippen LogP contribution in [0.5, 0.6) is 6.01 Å². The molecule has 14 heteroatoms. The van der Waals surface area contributed by atoms with Crippen molar-refractivity contribution < 1.29 is 31.1 Å². The first-order chi connectivity index (χ1) is 20.9. The molecule has 2 aliphatic heterocycles. The lowest BCUT2D eigenvalue weighted by Crippen LogP contribution is -2.43. The van der Waals surface area contributed by atoms with E-state index in [4.69, 9.17) is 10.5 Å². The largest absolute Gasteiger partial charge is 0.461 e. The van der Waals surface area contributed by atoms with Crippen LogP contribution in [0.3, 0.4) is 0 Å². The highest BCUT2D eigenvalue weighted by atomic mass is 32.1. The molecule has 0 spiro atoms. The van der Waals surface area contributed by atoms with Gasteiger partial charge < -0.3 is 15.4 Å². The molecule has 2 N–H and O–H groups in total. The van der Waals surface area contributed by atoms with Gasteiger partial charge in [0, 0.05) is 42.4 Å². The summed E-state index contributed by atoms with van der Waals surface area (Å²) in [6, 6.07) is 4.27. The predicted octanol–water partition coefficient (Wildman–Crippen LogP) is 7.06. The van der Waals surface area contributed by atoms with E-state index in [2.05, 4.69) is 9.97 Å². The molecule has 2 fully saturated rings. The lowest BCUT2D eigenvalue weighted by atomic mass is 9.92. The molecule has 2 aromatic carbocycles. The van der Waals surface area contributed by atoms with Gasteiger partial charge in [0.15, 0.2) is 5.82 Å². The van der Waals surface area contributed by atoms with Crippen LogP contribution in [0.25, 0.3) is 32.1 Å². The number of nitrogens with zero attached hydrogens (tertiary/aromatic N) is 5. The van der Waals surface area contributed by atoms with Gasteiger partial charge in [-0.2, -0.15) is 28.4 Å². The Kier molecular flexibility index (Phi) is 7.52. The van der Waals surface area contributed by atoms with Crippen molar-refractivity contribution in [3.63, 3.8) is 0 Å². The molecule has 2 saturated heterocycles. The number of hydrogen-bond acceptors (Lipinski definition) is 8. The SMILES string of the molecule is CCN(CC)c1nc(OCC23CCCN2CC(F)C3)nc2c(F)c(-c3ccc(F)c4sc(N)c(C#N)c34)c(C(F)(F)F)cc12. The summed E-state index contributed by atoms with van der Waals surface area (Å²) >= 11 is 0.696. The summed E-state index contributed by atoms with van der Waals surface area (Å²) in [6.45, 7) is 5.27. The van der Waals surface area contributed by atoms with E-state index in [1.165, 1.54) is 0 Å². The Labute approximate surface area is 252 Å². The second-order valence-electron chi connectivity index (χ2n) is 11.1. The maximum absolute atomic E-state index is 16.7. The first-order valence-corrected chi connectivity index (χ1v) is 15.0. The smallest absolute Gasteiger partial charge is 0.417 e. The molecule has 0 aliphatic carbocycles. The fourth-order valence-electron chi connectivity index (χ4n) is 6.66. The molecule has 4 heterocycles. The molecule has 2 atom stereocenters. The zero-order chi connectivity index (χ0) is 31.6. The maximum atomic E-state index is 16.7. The number of benzene rings is 2. The first-order valence-electron chi connectivity index (χ1n) is 14.2. The van der Waals surface area contributed by atoms with Crippen molar-refractivity contribution in [3.05, 3.63) is 41.0 Å². The normalized spacial score (nSPS) is 20.4. The highest BCUT2D eigenvalue weighted by molar-refractivity contribution is 7.23. The third-order valence-electron chi connectivity index (χ3n) is 8.69. The molecular weight excluding hydrogens is 606 g/mol. The standard InChI is InChI=1S/C30H28F6N6OS/c1-3-41(4-2)27-17-10-19(30(34,35)36)22(16-6-7-20(32)25-21(16)18(12-37)26(38)44-25)23(33)24(17)39-28(40-27)43-14-29-8-5-9-42(29)13-15(31)11-29/h6-7,10,15H,3-5,8-9,11,13-14,38H2,1-2H3. The fourth-order valence-corrected chi connectivity index (χ4v) is 7.61. The molecule has 44 heavy (non-hydrogen) atoms. The highest BCUT2D eigenvalue weighted by Gasteiger charge is 2.49. The Hall–Kier alpha value is -3.83. The number of aromatic nitrogens is 2. The van der Waals surface area contributed by atoms with Gasteiger partial charge in [-0.3, -0.25) is 4.90 Å². The van der Waals surface area contributed by atoms with Crippen LogP contribution in [0.4, 0.5) is 37.2 Å². The van der Waals surface area contributed by atoms with Gasteiger partial charge >= 0.3 is 12.2 Å². The van der Waals surface area contributed by atoms with E-state index in [0.29, 0.717) is 30.8 Å². The molecule has 4 aromatic rings. The molecule has 7 nitrogen and oxygen atoms in total. The van der Waals surface area contributed by atoms with Crippen LogP contribution in [0.1, 0.15) is 44.2 Å². The van der Waals surface area contributed by atoms with Crippen LogP contribution in [0.2, 0.25) is 0 Å². The topological polar surface area (TPSA) is 91.3 Å². The Bertz CT molecular complexity index is 1820. The summed E-state index contributed by atoms with van der Waals surface area (Å²) in [5.74, 6) is -2.09. The molecule has 2 aliphatic rings. The lowest BCUT2D eigenvalue weighted by molar-refractivity contribution is -0.137. The summed E-state index contributed by atoms with van der Waals surface area (Å²) in [4.78, 5) is 12.4. The maximum Gasteiger partial charge on any atom is 0.417 e. The molecule has 0 radical (unpaired) electrons. The molecule has 0 saturated carbocycles. The molecule has 0 amide bonds. The second-order valence-corrected chi connectivity index (χ2v) is 12.2. The molecule has 2 aromatic heterocycles. The summed E-state index contributed by atoms with van der Waals surface area (Å²) in [7, 11) is 0. The number of thiophene rings is 1. The van der Waals surface area contributed by atoms with Crippen LogP contribution >= 0.6 is 11.3 Å². The van der Waals surface area contributed by atoms with Crippen LogP contribution in [0, 0.1) is 23.0 Å². The molecular formula is C30H28F6N6OS. The van der Waals surface area contributed by atoms with E-state index < -0.39 is 46.2 Å². The third kappa shape index (κ3) is 4.77. The van der Waals surface area contributed by atoms with E-state index >= 15 is 4.39 Å². The van der Waals surface area contributed by atoms with Crippen molar-refractivity contribution in [3.8, 4) is 23.2 Å². The van der Waals surface area contributed by atoms with E-state index in [9.17, 15) is 27.2 Å². The van der Waals surface area contributed by atoms with Gasteiger partial charge in [-0.25, -0.2) is 13.2 Å². The van der Waals surface area contributed by atoms with E-state index in [1.807, 2.05) is 11.0 Å². The zero-order valence-corrected chi connectivity index (χ0v) is 24.7. The minimum Gasteiger partial charge on any atom is -0.461 e. The minimum atomic E-state index is -5.05. The number of rotatable bonds is 7. The number of ether oxygens (including phenoxy) is 1. The lowest BCUT2D eigenvalue weighted by Gasteiger charge is -2.31.